The van der Waals surface area contributed by atoms with E-state index in [2.05, 4.69) is 15.6 Å². The van der Waals surface area contributed by atoms with Crippen molar-refractivity contribution in [1.82, 2.24) is 10.6 Å². The lowest BCUT2D eigenvalue weighted by Gasteiger charge is -2.20. The van der Waals surface area contributed by atoms with E-state index in [9.17, 15) is 19.5 Å². The van der Waals surface area contributed by atoms with Gasteiger partial charge in [0.25, 0.3) is 0 Å². The second-order valence-corrected chi connectivity index (χ2v) is 6.10. The summed E-state index contributed by atoms with van der Waals surface area (Å²) in [6.45, 7) is -0.320. The van der Waals surface area contributed by atoms with Gasteiger partial charge in [-0.2, -0.15) is 0 Å². The summed E-state index contributed by atoms with van der Waals surface area (Å²) in [5, 5.41) is 22.7. The van der Waals surface area contributed by atoms with Gasteiger partial charge in [-0.15, -0.1) is 0 Å². The third-order valence-electron chi connectivity index (χ3n) is 3.72. The maximum Gasteiger partial charge on any atom is 0.322 e. The van der Waals surface area contributed by atoms with Crippen molar-refractivity contribution >= 4 is 23.7 Å². The van der Waals surface area contributed by atoms with E-state index < -0.39 is 36.4 Å². The van der Waals surface area contributed by atoms with Crippen LogP contribution in [0.5, 0.6) is 5.75 Å². The molecule has 0 unspecified atom stereocenters. The number of phenolic OH excluding ortho intramolecular Hbond substituents is 1. The second-order valence-electron chi connectivity index (χ2n) is 6.10. The zero-order valence-corrected chi connectivity index (χ0v) is 15.3. The third kappa shape index (κ3) is 8.85. The number of aliphatic imine (C=N–C) groups is 1. The average Bonchev–Trinajstić information content (AvgIpc) is 2.63. The topological polar surface area (TPSA) is 206 Å². The van der Waals surface area contributed by atoms with E-state index in [1.165, 1.54) is 12.1 Å². The number of carboxylic acid groups (broad SMARTS) is 1. The molecular formula is C17H26N6O5. The molecule has 1 aromatic rings. The Bertz CT molecular complexity index is 702. The minimum Gasteiger partial charge on any atom is -0.508 e. The minimum atomic E-state index is -1.21. The molecule has 0 spiro atoms. The lowest BCUT2D eigenvalue weighted by Crippen LogP contribution is -2.52. The van der Waals surface area contributed by atoms with Crippen LogP contribution in [0.3, 0.4) is 0 Å². The number of benzene rings is 1. The predicted octanol–water partition coefficient (Wildman–Crippen LogP) is -2.00. The van der Waals surface area contributed by atoms with Gasteiger partial charge in [0.15, 0.2) is 5.96 Å². The smallest absolute Gasteiger partial charge is 0.322 e. The van der Waals surface area contributed by atoms with Crippen LogP contribution in [0.25, 0.3) is 0 Å². The van der Waals surface area contributed by atoms with Gasteiger partial charge in [-0.05, 0) is 37.0 Å². The van der Waals surface area contributed by atoms with Crippen LogP contribution < -0.4 is 27.8 Å². The number of nitrogens with zero attached hydrogens (tertiary/aromatic N) is 1. The summed E-state index contributed by atoms with van der Waals surface area (Å²) in [4.78, 5) is 39.0. The predicted molar refractivity (Wildman–Crippen MR) is 102 cm³/mol. The number of aliphatic carboxylic acids is 1. The number of carbonyl (C=O) groups is 3. The molecule has 11 nitrogen and oxygen atoms in total. The molecule has 28 heavy (non-hydrogen) atoms. The number of nitrogens with two attached hydrogens (primary N) is 3. The largest absolute Gasteiger partial charge is 0.508 e. The maximum absolute atomic E-state index is 12.4. The summed E-state index contributed by atoms with van der Waals surface area (Å²) >= 11 is 0. The fourth-order valence-electron chi connectivity index (χ4n) is 2.32. The number of phenols is 1. The van der Waals surface area contributed by atoms with Gasteiger partial charge in [0.05, 0.1) is 6.04 Å². The molecule has 0 saturated carbocycles. The van der Waals surface area contributed by atoms with Gasteiger partial charge in [-0.3, -0.25) is 19.4 Å². The Morgan fingerprint density at radius 2 is 1.75 bits per heavy atom. The molecule has 154 valence electrons. The molecule has 1 rings (SSSR count). The van der Waals surface area contributed by atoms with Gasteiger partial charge in [-0.25, -0.2) is 0 Å². The van der Waals surface area contributed by atoms with E-state index >= 15 is 0 Å². The van der Waals surface area contributed by atoms with Gasteiger partial charge in [0.1, 0.15) is 18.3 Å². The molecule has 1 aromatic carbocycles. The van der Waals surface area contributed by atoms with E-state index in [4.69, 9.17) is 22.3 Å². The molecule has 0 aromatic heterocycles. The van der Waals surface area contributed by atoms with Gasteiger partial charge >= 0.3 is 5.97 Å². The van der Waals surface area contributed by atoms with Crippen LogP contribution in [0, 0.1) is 0 Å². The Labute approximate surface area is 162 Å². The number of carbonyl (C=O) groups excluding carboxylic acids is 2. The van der Waals surface area contributed by atoms with Crippen molar-refractivity contribution < 1.29 is 24.6 Å². The van der Waals surface area contributed by atoms with Crippen LogP contribution in [0.4, 0.5) is 0 Å². The molecule has 0 bridgehead atoms. The number of guanidine groups is 1. The average molecular weight is 394 g/mol. The molecule has 0 aliphatic carbocycles. The van der Waals surface area contributed by atoms with Crippen LogP contribution in [-0.2, 0) is 20.8 Å². The first-order chi connectivity index (χ1) is 13.2. The lowest BCUT2D eigenvalue weighted by molar-refractivity contribution is -0.138. The number of hydrogen-bond acceptors (Lipinski definition) is 6. The molecule has 11 heteroatoms. The van der Waals surface area contributed by atoms with Crippen molar-refractivity contribution in [3.8, 4) is 5.75 Å². The normalized spacial score (nSPS) is 12.5. The SMILES string of the molecule is NC(N)=NCCC[C@H](NC(=O)[C@@H](N)Cc1ccc(O)cc1)C(=O)NCC(=O)O. The van der Waals surface area contributed by atoms with Crippen LogP contribution >= 0.6 is 0 Å². The summed E-state index contributed by atoms with van der Waals surface area (Å²) in [6, 6.07) is 4.31. The van der Waals surface area contributed by atoms with Crippen LogP contribution in [-0.4, -0.2) is 59.1 Å². The summed E-state index contributed by atoms with van der Waals surface area (Å²) in [5.41, 5.74) is 17.1. The highest BCUT2D eigenvalue weighted by Crippen LogP contribution is 2.11. The summed E-state index contributed by atoms with van der Waals surface area (Å²) in [7, 11) is 0. The monoisotopic (exact) mass is 394 g/mol. The van der Waals surface area contributed by atoms with Gasteiger partial charge in [0, 0.05) is 6.54 Å². The van der Waals surface area contributed by atoms with Crippen molar-refractivity contribution in [2.45, 2.75) is 31.3 Å². The first-order valence-electron chi connectivity index (χ1n) is 8.57. The Balaban J connectivity index is 2.68. The molecule has 0 aliphatic rings. The lowest BCUT2D eigenvalue weighted by atomic mass is 10.0. The number of amides is 2. The molecule has 10 N–H and O–H groups in total. The zero-order valence-electron chi connectivity index (χ0n) is 15.3. The zero-order chi connectivity index (χ0) is 21.1. The molecule has 0 saturated heterocycles. The number of nitrogens with one attached hydrogen (secondary N) is 2. The van der Waals surface area contributed by atoms with E-state index in [0.717, 1.165) is 5.56 Å². The van der Waals surface area contributed by atoms with Gasteiger partial charge < -0.3 is 38.0 Å². The van der Waals surface area contributed by atoms with Crippen molar-refractivity contribution in [2.75, 3.05) is 13.1 Å². The van der Waals surface area contributed by atoms with E-state index in [1.807, 2.05) is 0 Å². The highest BCUT2D eigenvalue weighted by molar-refractivity contribution is 5.91. The third-order valence-corrected chi connectivity index (χ3v) is 3.72. The van der Waals surface area contributed by atoms with Crippen molar-refractivity contribution in [3.63, 3.8) is 0 Å². The molecule has 0 fully saturated rings. The Morgan fingerprint density at radius 3 is 2.32 bits per heavy atom. The highest BCUT2D eigenvalue weighted by Gasteiger charge is 2.24. The first-order valence-corrected chi connectivity index (χ1v) is 8.57. The van der Waals surface area contributed by atoms with Crippen LogP contribution in [0.2, 0.25) is 0 Å². The Hall–Kier alpha value is -3.34. The van der Waals surface area contributed by atoms with Crippen LogP contribution in [0.15, 0.2) is 29.3 Å². The first kappa shape index (κ1) is 22.7. The molecule has 2 atom stereocenters. The summed E-state index contributed by atoms with van der Waals surface area (Å²) in [5.74, 6) is -2.41. The number of hydrogen-bond donors (Lipinski definition) is 7. The molecule has 0 radical (unpaired) electrons. The van der Waals surface area contributed by atoms with Crippen molar-refractivity contribution in [3.05, 3.63) is 29.8 Å². The minimum absolute atomic E-state index is 0.0909. The molecular weight excluding hydrogens is 368 g/mol. The Kier molecular flexibility index (Phi) is 9.23. The van der Waals surface area contributed by atoms with Gasteiger partial charge in [0.2, 0.25) is 11.8 Å². The van der Waals surface area contributed by atoms with Crippen molar-refractivity contribution in [1.29, 1.82) is 0 Å². The standard InChI is InChI=1S/C17H26N6O5/c18-12(8-10-3-5-11(24)6-4-10)15(27)23-13(2-1-7-21-17(19)20)16(28)22-9-14(25)26/h3-6,12-13,24H,1-2,7-9,18H2,(H,22,28)(H,23,27)(H,25,26)(H4,19,20,21)/t12-,13-/m0/s1. The maximum atomic E-state index is 12.4. The summed E-state index contributed by atoms with van der Waals surface area (Å²) < 4.78 is 0. The number of aromatic hydroxyl groups is 1. The van der Waals surface area contributed by atoms with Crippen LogP contribution in [0.1, 0.15) is 18.4 Å². The molecule has 0 heterocycles. The Morgan fingerprint density at radius 1 is 1.11 bits per heavy atom. The van der Waals surface area contributed by atoms with Gasteiger partial charge in [-0.1, -0.05) is 12.1 Å². The number of rotatable bonds is 11. The fraction of sp³-hybridized carbons (Fsp3) is 0.412. The highest BCUT2D eigenvalue weighted by atomic mass is 16.4. The van der Waals surface area contributed by atoms with E-state index in [0.29, 0.717) is 6.42 Å². The number of carboxylic acids is 1. The summed E-state index contributed by atoms with van der Waals surface area (Å²) in [6.07, 6.45) is 0.778. The van der Waals surface area contributed by atoms with Crippen molar-refractivity contribution in [2.24, 2.45) is 22.2 Å². The van der Waals surface area contributed by atoms with E-state index in [1.54, 1.807) is 12.1 Å². The molecule has 0 aliphatic heterocycles. The second kappa shape index (κ2) is 11.4. The van der Waals surface area contributed by atoms with E-state index in [-0.39, 0.29) is 31.1 Å². The fourth-order valence-corrected chi connectivity index (χ4v) is 2.32. The quantitative estimate of drug-likeness (QED) is 0.127. The molecule has 2 amide bonds.